The molecule has 66 valence electrons. The molecule has 2 N–H and O–H groups in total. The maximum Gasteiger partial charge on any atom is 0.185 e. The lowest BCUT2D eigenvalue weighted by Gasteiger charge is -2.31. The third-order valence-corrected chi connectivity index (χ3v) is 1.70. The fourth-order valence-corrected chi connectivity index (χ4v) is 1.07. The Balaban J connectivity index is 2.38. The number of aliphatic hydroxyl groups excluding tert-OH is 2. The van der Waals surface area contributed by atoms with Gasteiger partial charge in [0.1, 0.15) is 6.10 Å². The summed E-state index contributed by atoms with van der Waals surface area (Å²) in [7, 11) is 0. The molecule has 1 aliphatic rings. The van der Waals surface area contributed by atoms with Crippen LogP contribution in [0, 0.1) is 0 Å². The van der Waals surface area contributed by atoms with Gasteiger partial charge in [-0.2, -0.15) is 0 Å². The Morgan fingerprint density at radius 1 is 1.55 bits per heavy atom. The molecule has 0 spiro atoms. The zero-order chi connectivity index (χ0) is 8.27. The first kappa shape index (κ1) is 8.93. The van der Waals surface area contributed by atoms with Crippen LogP contribution in [0.1, 0.15) is 13.3 Å². The van der Waals surface area contributed by atoms with Crippen molar-refractivity contribution >= 4 is 0 Å². The van der Waals surface area contributed by atoms with Gasteiger partial charge in [-0.1, -0.05) is 0 Å². The van der Waals surface area contributed by atoms with Crippen molar-refractivity contribution < 1.29 is 19.7 Å². The van der Waals surface area contributed by atoms with Gasteiger partial charge in [-0.15, -0.1) is 0 Å². The van der Waals surface area contributed by atoms with E-state index in [4.69, 9.17) is 14.6 Å². The van der Waals surface area contributed by atoms with E-state index < -0.39 is 18.5 Å². The second kappa shape index (κ2) is 4.01. The normalized spacial score (nSPS) is 39.0. The summed E-state index contributed by atoms with van der Waals surface area (Å²) in [5.41, 5.74) is 0. The third-order valence-electron chi connectivity index (χ3n) is 1.70. The molecule has 3 atom stereocenters. The molecule has 0 bridgehead atoms. The Morgan fingerprint density at radius 3 is 2.91 bits per heavy atom. The third kappa shape index (κ3) is 2.13. The maximum absolute atomic E-state index is 9.27. The van der Waals surface area contributed by atoms with Gasteiger partial charge in [0.25, 0.3) is 0 Å². The van der Waals surface area contributed by atoms with Crippen molar-refractivity contribution in [1.29, 1.82) is 0 Å². The molecule has 0 saturated carbocycles. The van der Waals surface area contributed by atoms with Crippen LogP contribution < -0.4 is 0 Å². The number of hydrogen-bond acceptors (Lipinski definition) is 4. The molecule has 11 heavy (non-hydrogen) atoms. The van der Waals surface area contributed by atoms with Gasteiger partial charge in [-0.05, 0) is 13.3 Å². The first-order valence-corrected chi connectivity index (χ1v) is 3.85. The first-order chi connectivity index (χ1) is 5.25. The monoisotopic (exact) mass is 162 g/mol. The highest BCUT2D eigenvalue weighted by atomic mass is 16.7. The zero-order valence-electron chi connectivity index (χ0n) is 6.56. The molecule has 1 heterocycles. The van der Waals surface area contributed by atoms with Gasteiger partial charge in [0.15, 0.2) is 6.29 Å². The fourth-order valence-electron chi connectivity index (χ4n) is 1.07. The summed E-state index contributed by atoms with van der Waals surface area (Å²) < 4.78 is 10.1. The second-order valence-corrected chi connectivity index (χ2v) is 2.54. The van der Waals surface area contributed by atoms with Crippen molar-refractivity contribution in [2.24, 2.45) is 0 Å². The van der Waals surface area contributed by atoms with E-state index in [1.165, 1.54) is 0 Å². The van der Waals surface area contributed by atoms with Crippen LogP contribution in [-0.4, -0.2) is 41.9 Å². The smallest absolute Gasteiger partial charge is 0.185 e. The summed E-state index contributed by atoms with van der Waals surface area (Å²) in [5.74, 6) is 0. The lowest BCUT2D eigenvalue weighted by atomic mass is 10.1. The van der Waals surface area contributed by atoms with E-state index >= 15 is 0 Å². The fraction of sp³-hybridized carbons (Fsp3) is 1.00. The molecular weight excluding hydrogens is 148 g/mol. The molecule has 4 nitrogen and oxygen atoms in total. The summed E-state index contributed by atoms with van der Waals surface area (Å²) in [6, 6.07) is 0. The lowest BCUT2D eigenvalue weighted by molar-refractivity contribution is -0.240. The molecule has 0 aromatic rings. The predicted molar refractivity (Wildman–Crippen MR) is 38.0 cm³/mol. The minimum Gasteiger partial charge on any atom is -0.390 e. The van der Waals surface area contributed by atoms with Crippen LogP contribution in [0.2, 0.25) is 0 Å². The summed E-state index contributed by atoms with van der Waals surface area (Å²) in [6.07, 6.45) is -1.78. The highest BCUT2D eigenvalue weighted by Crippen LogP contribution is 2.15. The van der Waals surface area contributed by atoms with E-state index in [9.17, 15) is 5.11 Å². The van der Waals surface area contributed by atoms with Crippen molar-refractivity contribution in [3.8, 4) is 0 Å². The van der Waals surface area contributed by atoms with E-state index in [2.05, 4.69) is 0 Å². The minimum atomic E-state index is -0.899. The lowest BCUT2D eigenvalue weighted by Crippen LogP contribution is -2.45. The van der Waals surface area contributed by atoms with Crippen molar-refractivity contribution in [3.05, 3.63) is 0 Å². The van der Waals surface area contributed by atoms with Crippen LogP contribution in [0.5, 0.6) is 0 Å². The summed E-state index contributed by atoms with van der Waals surface area (Å²) in [4.78, 5) is 0. The number of hydrogen-bond donors (Lipinski definition) is 2. The molecule has 0 aromatic carbocycles. The van der Waals surface area contributed by atoms with Crippen LogP contribution in [0.3, 0.4) is 0 Å². The Hall–Kier alpha value is -0.160. The first-order valence-electron chi connectivity index (χ1n) is 3.85. The SMILES string of the molecule is CCO[C@H]1OCC[C@H](O)[C@@H]1O. The van der Waals surface area contributed by atoms with Crippen molar-refractivity contribution in [1.82, 2.24) is 0 Å². The molecule has 1 aliphatic heterocycles. The minimum absolute atomic E-state index is 0.447. The van der Waals surface area contributed by atoms with Gasteiger partial charge in [-0.3, -0.25) is 0 Å². The number of aliphatic hydroxyl groups is 2. The molecule has 0 radical (unpaired) electrons. The maximum atomic E-state index is 9.27. The molecule has 1 saturated heterocycles. The second-order valence-electron chi connectivity index (χ2n) is 2.54. The summed E-state index contributed by atoms with van der Waals surface area (Å²) in [6.45, 7) is 2.74. The summed E-state index contributed by atoms with van der Waals surface area (Å²) >= 11 is 0. The number of rotatable bonds is 2. The Bertz CT molecular complexity index is 115. The van der Waals surface area contributed by atoms with Crippen LogP contribution in [0.15, 0.2) is 0 Å². The molecular formula is C7H14O4. The van der Waals surface area contributed by atoms with Gasteiger partial charge >= 0.3 is 0 Å². The van der Waals surface area contributed by atoms with E-state index in [1.807, 2.05) is 6.92 Å². The average Bonchev–Trinajstić information content (AvgIpc) is 1.99. The zero-order valence-corrected chi connectivity index (χ0v) is 6.56. The van der Waals surface area contributed by atoms with Crippen molar-refractivity contribution in [3.63, 3.8) is 0 Å². The van der Waals surface area contributed by atoms with Crippen LogP contribution >= 0.6 is 0 Å². The van der Waals surface area contributed by atoms with E-state index in [0.717, 1.165) is 0 Å². The van der Waals surface area contributed by atoms with Crippen molar-refractivity contribution in [2.45, 2.75) is 31.8 Å². The molecule has 0 aliphatic carbocycles. The average molecular weight is 162 g/mol. The van der Waals surface area contributed by atoms with Crippen LogP contribution in [0.25, 0.3) is 0 Å². The highest BCUT2D eigenvalue weighted by Gasteiger charge is 2.31. The predicted octanol–water partition coefficient (Wildman–Crippen LogP) is -0.509. The van der Waals surface area contributed by atoms with Gasteiger partial charge in [0.2, 0.25) is 0 Å². The van der Waals surface area contributed by atoms with E-state index in [-0.39, 0.29) is 0 Å². The Morgan fingerprint density at radius 2 is 2.27 bits per heavy atom. The highest BCUT2D eigenvalue weighted by molar-refractivity contribution is 4.74. The Labute approximate surface area is 65.7 Å². The van der Waals surface area contributed by atoms with Crippen molar-refractivity contribution in [2.75, 3.05) is 13.2 Å². The van der Waals surface area contributed by atoms with Gasteiger partial charge < -0.3 is 19.7 Å². The Kier molecular flexibility index (Phi) is 3.26. The van der Waals surface area contributed by atoms with Crippen LogP contribution in [0.4, 0.5) is 0 Å². The molecule has 1 rings (SSSR count). The van der Waals surface area contributed by atoms with Gasteiger partial charge in [0, 0.05) is 6.61 Å². The molecule has 0 aromatic heterocycles. The summed E-state index contributed by atoms with van der Waals surface area (Å²) in [5, 5.41) is 18.4. The van der Waals surface area contributed by atoms with Gasteiger partial charge in [0.05, 0.1) is 12.7 Å². The van der Waals surface area contributed by atoms with Crippen LogP contribution in [-0.2, 0) is 9.47 Å². The standard InChI is InChI=1S/C7H14O4/c1-2-10-7-6(9)5(8)3-4-11-7/h5-9H,2-4H2,1H3/t5-,6-,7-/m0/s1. The van der Waals surface area contributed by atoms with E-state index in [1.54, 1.807) is 0 Å². The van der Waals surface area contributed by atoms with E-state index in [0.29, 0.717) is 19.6 Å². The molecule has 0 amide bonds. The topological polar surface area (TPSA) is 58.9 Å². The number of ether oxygens (including phenoxy) is 2. The van der Waals surface area contributed by atoms with Gasteiger partial charge in [-0.25, -0.2) is 0 Å². The largest absolute Gasteiger partial charge is 0.390 e. The molecule has 1 fully saturated rings. The molecule has 0 unspecified atom stereocenters. The quantitative estimate of drug-likeness (QED) is 0.574. The molecule has 4 heteroatoms.